The molecule has 0 spiro atoms. The van der Waals surface area contributed by atoms with E-state index in [2.05, 4.69) is 15.7 Å². The molecule has 28 heavy (non-hydrogen) atoms. The largest absolute Gasteiger partial charge is 0.325 e. The number of aryl methyl sites for hydroxylation is 2. The van der Waals surface area contributed by atoms with Crippen LogP contribution in [0.15, 0.2) is 30.3 Å². The Hall–Kier alpha value is -3.16. The maximum Gasteiger partial charge on any atom is 0.325 e. The molecule has 1 saturated heterocycles. The molecule has 1 atom stereocenters. The van der Waals surface area contributed by atoms with E-state index in [1.54, 1.807) is 17.7 Å². The number of benzene rings is 1. The maximum atomic E-state index is 12.7. The molecular weight excluding hydrogens is 358 g/mol. The molecule has 2 N–H and O–H groups in total. The smallest absolute Gasteiger partial charge is 0.323 e. The molecule has 1 aliphatic heterocycles. The monoisotopic (exact) mass is 381 g/mol. The van der Waals surface area contributed by atoms with Gasteiger partial charge in [0.05, 0.1) is 17.1 Å². The molecule has 2 aliphatic rings. The van der Waals surface area contributed by atoms with Crippen molar-refractivity contribution in [3.8, 4) is 5.69 Å². The minimum atomic E-state index is -0.890. The highest BCUT2D eigenvalue weighted by Crippen LogP contribution is 2.42. The fraction of sp³-hybridized carbons (Fsp3) is 0.400. The first-order valence-electron chi connectivity index (χ1n) is 9.36. The standard InChI is InChI=1S/C20H23N5O3/c1-12-10-13(2)25(23-12)16-7-5-4-6-15(16)21-17(26)11-24-18(27)20(3,14-8-9-14)22-19(24)28/h4-7,10,14H,8-9,11H2,1-3H3,(H,21,26)(H,22,28). The van der Waals surface area contributed by atoms with E-state index in [1.165, 1.54) is 0 Å². The van der Waals surface area contributed by atoms with E-state index in [0.717, 1.165) is 34.8 Å². The molecule has 4 rings (SSSR count). The predicted molar refractivity (Wildman–Crippen MR) is 103 cm³/mol. The molecule has 1 aliphatic carbocycles. The van der Waals surface area contributed by atoms with E-state index >= 15 is 0 Å². The van der Waals surface area contributed by atoms with Crippen LogP contribution in [0.3, 0.4) is 0 Å². The van der Waals surface area contributed by atoms with Gasteiger partial charge in [-0.2, -0.15) is 5.10 Å². The number of para-hydroxylation sites is 2. The molecule has 2 fully saturated rings. The van der Waals surface area contributed by atoms with Crippen molar-refractivity contribution in [3.05, 3.63) is 41.7 Å². The average molecular weight is 381 g/mol. The van der Waals surface area contributed by atoms with Crippen molar-refractivity contribution in [1.29, 1.82) is 0 Å². The summed E-state index contributed by atoms with van der Waals surface area (Å²) < 4.78 is 1.75. The first-order valence-corrected chi connectivity index (χ1v) is 9.36. The fourth-order valence-corrected chi connectivity index (χ4v) is 3.77. The van der Waals surface area contributed by atoms with Crippen LogP contribution < -0.4 is 10.6 Å². The number of rotatable bonds is 5. The summed E-state index contributed by atoms with van der Waals surface area (Å²) in [4.78, 5) is 38.6. The van der Waals surface area contributed by atoms with Crippen LogP contribution in [-0.4, -0.2) is 44.6 Å². The number of hydrogen-bond donors (Lipinski definition) is 2. The first-order chi connectivity index (χ1) is 13.3. The zero-order chi connectivity index (χ0) is 20.1. The summed E-state index contributed by atoms with van der Waals surface area (Å²) in [5.74, 6) is -0.608. The number of carbonyl (C=O) groups is 3. The molecular formula is C20H23N5O3. The van der Waals surface area contributed by atoms with Gasteiger partial charge in [-0.3, -0.25) is 14.5 Å². The third kappa shape index (κ3) is 3.04. The summed E-state index contributed by atoms with van der Waals surface area (Å²) in [7, 11) is 0. The van der Waals surface area contributed by atoms with Gasteiger partial charge in [-0.25, -0.2) is 9.48 Å². The van der Waals surface area contributed by atoms with Crippen molar-refractivity contribution in [2.45, 2.75) is 39.2 Å². The molecule has 8 nitrogen and oxygen atoms in total. The SMILES string of the molecule is Cc1cc(C)n(-c2ccccc2NC(=O)CN2C(=O)NC(C)(C3CC3)C2=O)n1. The van der Waals surface area contributed by atoms with Gasteiger partial charge < -0.3 is 10.6 Å². The van der Waals surface area contributed by atoms with E-state index < -0.39 is 17.5 Å². The van der Waals surface area contributed by atoms with Gasteiger partial charge in [-0.15, -0.1) is 0 Å². The minimum Gasteiger partial charge on any atom is -0.323 e. The number of amides is 4. The van der Waals surface area contributed by atoms with Crippen LogP contribution in [0.5, 0.6) is 0 Å². The van der Waals surface area contributed by atoms with E-state index in [9.17, 15) is 14.4 Å². The number of anilines is 1. The second kappa shape index (κ2) is 6.47. The Morgan fingerprint density at radius 2 is 2.00 bits per heavy atom. The normalized spacial score (nSPS) is 21.8. The Morgan fingerprint density at radius 3 is 2.64 bits per heavy atom. The molecule has 0 bridgehead atoms. The van der Waals surface area contributed by atoms with E-state index in [-0.39, 0.29) is 18.4 Å². The van der Waals surface area contributed by atoms with Gasteiger partial charge in [0.15, 0.2) is 0 Å². The number of carbonyl (C=O) groups excluding carboxylic acids is 3. The summed E-state index contributed by atoms with van der Waals surface area (Å²) in [5.41, 5.74) is 2.21. The molecule has 8 heteroatoms. The van der Waals surface area contributed by atoms with Crippen LogP contribution in [0.4, 0.5) is 10.5 Å². The predicted octanol–water partition coefficient (Wildman–Crippen LogP) is 2.15. The number of aromatic nitrogens is 2. The Bertz CT molecular complexity index is 978. The highest BCUT2D eigenvalue weighted by atomic mass is 16.2. The molecule has 4 amide bonds. The zero-order valence-corrected chi connectivity index (χ0v) is 16.2. The highest BCUT2D eigenvalue weighted by Gasteiger charge is 2.56. The van der Waals surface area contributed by atoms with Gasteiger partial charge in [0.2, 0.25) is 5.91 Å². The van der Waals surface area contributed by atoms with Crippen LogP contribution in [0.2, 0.25) is 0 Å². The van der Waals surface area contributed by atoms with Crippen LogP contribution in [-0.2, 0) is 9.59 Å². The van der Waals surface area contributed by atoms with Crippen molar-refractivity contribution >= 4 is 23.5 Å². The Kier molecular flexibility index (Phi) is 4.21. The van der Waals surface area contributed by atoms with Gasteiger partial charge in [0.1, 0.15) is 12.1 Å². The second-order valence-electron chi connectivity index (χ2n) is 7.70. The fourth-order valence-electron chi connectivity index (χ4n) is 3.77. The molecule has 1 aromatic carbocycles. The maximum absolute atomic E-state index is 12.7. The van der Waals surface area contributed by atoms with E-state index in [4.69, 9.17) is 0 Å². The third-order valence-electron chi connectivity index (χ3n) is 5.41. The Balaban J connectivity index is 1.51. The molecule has 146 valence electrons. The highest BCUT2D eigenvalue weighted by molar-refractivity contribution is 6.10. The third-order valence-corrected chi connectivity index (χ3v) is 5.41. The lowest BCUT2D eigenvalue weighted by Crippen LogP contribution is -2.46. The Morgan fingerprint density at radius 1 is 1.29 bits per heavy atom. The molecule has 2 aromatic rings. The van der Waals surface area contributed by atoms with Crippen molar-refractivity contribution < 1.29 is 14.4 Å². The molecule has 0 radical (unpaired) electrons. The zero-order valence-electron chi connectivity index (χ0n) is 16.2. The average Bonchev–Trinajstić information content (AvgIpc) is 3.41. The number of hydrogen-bond acceptors (Lipinski definition) is 4. The van der Waals surface area contributed by atoms with Crippen molar-refractivity contribution in [2.24, 2.45) is 5.92 Å². The summed E-state index contributed by atoms with van der Waals surface area (Å²) in [6.07, 6.45) is 1.83. The van der Waals surface area contributed by atoms with Gasteiger partial charge in [0, 0.05) is 5.69 Å². The number of nitrogens with zero attached hydrogens (tertiary/aromatic N) is 3. The summed E-state index contributed by atoms with van der Waals surface area (Å²) in [5, 5.41) is 10.0. The van der Waals surface area contributed by atoms with Crippen LogP contribution >= 0.6 is 0 Å². The van der Waals surface area contributed by atoms with Gasteiger partial charge >= 0.3 is 6.03 Å². The lowest BCUT2D eigenvalue weighted by Gasteiger charge is -2.21. The molecule has 2 heterocycles. The quantitative estimate of drug-likeness (QED) is 0.776. The lowest BCUT2D eigenvalue weighted by molar-refractivity contribution is -0.134. The van der Waals surface area contributed by atoms with Crippen molar-refractivity contribution in [3.63, 3.8) is 0 Å². The Labute approximate surface area is 162 Å². The summed E-state index contributed by atoms with van der Waals surface area (Å²) in [6.45, 7) is 5.25. The molecule has 1 saturated carbocycles. The minimum absolute atomic E-state index is 0.156. The lowest BCUT2D eigenvalue weighted by atomic mass is 9.96. The van der Waals surface area contributed by atoms with Crippen LogP contribution in [0.25, 0.3) is 5.69 Å². The van der Waals surface area contributed by atoms with Crippen molar-refractivity contribution in [2.75, 3.05) is 11.9 Å². The van der Waals surface area contributed by atoms with Gasteiger partial charge in [-0.05, 0) is 57.7 Å². The summed E-state index contributed by atoms with van der Waals surface area (Å²) >= 11 is 0. The molecule has 1 unspecified atom stereocenters. The summed E-state index contributed by atoms with van der Waals surface area (Å²) in [6, 6.07) is 8.73. The van der Waals surface area contributed by atoms with Crippen LogP contribution in [0.1, 0.15) is 31.2 Å². The second-order valence-corrected chi connectivity index (χ2v) is 7.70. The number of urea groups is 1. The first kappa shape index (κ1) is 18.2. The van der Waals surface area contributed by atoms with Gasteiger partial charge in [-0.1, -0.05) is 12.1 Å². The van der Waals surface area contributed by atoms with Crippen LogP contribution in [0, 0.1) is 19.8 Å². The van der Waals surface area contributed by atoms with Gasteiger partial charge in [0.25, 0.3) is 5.91 Å². The van der Waals surface area contributed by atoms with Crippen molar-refractivity contribution in [1.82, 2.24) is 20.0 Å². The topological polar surface area (TPSA) is 96.3 Å². The number of nitrogens with one attached hydrogen (secondary N) is 2. The van der Waals surface area contributed by atoms with E-state index in [0.29, 0.717) is 5.69 Å². The number of imide groups is 1. The molecule has 1 aromatic heterocycles. The van der Waals surface area contributed by atoms with E-state index in [1.807, 2.05) is 38.1 Å².